The summed E-state index contributed by atoms with van der Waals surface area (Å²) in [6, 6.07) is -3.88. The molecular formula is C21H36N4O11. The maximum absolute atomic E-state index is 12.8. The Morgan fingerprint density at radius 2 is 1.67 bits per heavy atom. The number of carboxylic acids is 1. The molecule has 1 rings (SSSR count). The quantitative estimate of drug-likeness (QED) is 0.117. The fourth-order valence-electron chi connectivity index (χ4n) is 3.54. The van der Waals surface area contributed by atoms with E-state index in [9.17, 15) is 44.4 Å². The summed E-state index contributed by atoms with van der Waals surface area (Å²) in [7, 11) is 0. The molecule has 1 aliphatic rings. The number of ether oxygens (including phenoxy) is 2. The molecule has 0 aliphatic carbocycles. The smallest absolute Gasteiger partial charge is 0.326 e. The number of aliphatic carboxylic acids is 1. The lowest BCUT2D eigenvalue weighted by molar-refractivity contribution is -0.266. The molecule has 4 amide bonds. The fraction of sp³-hybridized carbons (Fsp3) is 0.762. The normalized spacial score (nSPS) is 26.4. The summed E-state index contributed by atoms with van der Waals surface area (Å²) in [6.45, 7) is 4.98. The Balaban J connectivity index is 2.96. The van der Waals surface area contributed by atoms with Gasteiger partial charge in [-0.1, -0.05) is 13.8 Å². The van der Waals surface area contributed by atoms with Crippen molar-refractivity contribution in [3.63, 3.8) is 0 Å². The van der Waals surface area contributed by atoms with Gasteiger partial charge in [0, 0.05) is 13.3 Å². The van der Waals surface area contributed by atoms with Gasteiger partial charge in [0.1, 0.15) is 42.5 Å². The summed E-state index contributed by atoms with van der Waals surface area (Å²) in [5, 5.41) is 46.5. The minimum Gasteiger partial charge on any atom is -0.480 e. The van der Waals surface area contributed by atoms with Gasteiger partial charge in [-0.05, 0) is 19.3 Å². The topological polar surface area (TPSA) is 247 Å². The van der Waals surface area contributed by atoms with E-state index in [1.165, 1.54) is 6.92 Å². The van der Waals surface area contributed by atoms with Crippen molar-refractivity contribution in [2.75, 3.05) is 6.61 Å². The molecule has 8 atom stereocenters. The molecule has 0 bridgehead atoms. The van der Waals surface area contributed by atoms with Crippen molar-refractivity contribution in [1.29, 1.82) is 0 Å². The molecule has 1 fully saturated rings. The monoisotopic (exact) mass is 520 g/mol. The first kappa shape index (κ1) is 31.2. The summed E-state index contributed by atoms with van der Waals surface area (Å²) in [5.74, 6) is -4.83. The second-order valence-corrected chi connectivity index (χ2v) is 8.84. The van der Waals surface area contributed by atoms with Crippen LogP contribution in [0, 0.1) is 5.92 Å². The van der Waals surface area contributed by atoms with Crippen molar-refractivity contribution < 1.29 is 53.9 Å². The number of aliphatic hydroxyl groups excluding tert-OH is 3. The number of carboxylic acid groups (broad SMARTS) is 1. The summed E-state index contributed by atoms with van der Waals surface area (Å²) < 4.78 is 10.7. The lowest BCUT2D eigenvalue weighted by Gasteiger charge is -2.43. The summed E-state index contributed by atoms with van der Waals surface area (Å²) in [6.07, 6.45) is -7.65. The van der Waals surface area contributed by atoms with Crippen LogP contribution in [0.3, 0.4) is 0 Å². The number of rotatable bonds is 13. The van der Waals surface area contributed by atoms with Gasteiger partial charge in [0.15, 0.2) is 6.29 Å². The molecule has 0 spiro atoms. The van der Waals surface area contributed by atoms with Gasteiger partial charge >= 0.3 is 5.97 Å². The highest BCUT2D eigenvalue weighted by Gasteiger charge is 2.47. The van der Waals surface area contributed by atoms with Crippen molar-refractivity contribution in [2.45, 2.75) is 89.4 Å². The van der Waals surface area contributed by atoms with E-state index in [2.05, 4.69) is 16.0 Å². The second-order valence-electron chi connectivity index (χ2n) is 8.84. The Morgan fingerprint density at radius 3 is 2.14 bits per heavy atom. The van der Waals surface area contributed by atoms with Crippen LogP contribution in [0.5, 0.6) is 0 Å². The molecule has 15 heteroatoms. The van der Waals surface area contributed by atoms with Gasteiger partial charge in [0.05, 0.1) is 6.61 Å². The first-order valence-electron chi connectivity index (χ1n) is 11.4. The van der Waals surface area contributed by atoms with Crippen LogP contribution < -0.4 is 21.7 Å². The Hall–Kier alpha value is -2.85. The summed E-state index contributed by atoms with van der Waals surface area (Å²) in [4.78, 5) is 59.5. The number of carbonyl (C=O) groups is 5. The van der Waals surface area contributed by atoms with Gasteiger partial charge in [0.25, 0.3) is 0 Å². The summed E-state index contributed by atoms with van der Waals surface area (Å²) >= 11 is 0. The van der Waals surface area contributed by atoms with E-state index in [-0.39, 0.29) is 12.8 Å². The van der Waals surface area contributed by atoms with Crippen LogP contribution >= 0.6 is 0 Å². The van der Waals surface area contributed by atoms with Crippen LogP contribution in [0.15, 0.2) is 0 Å². The molecule has 0 aromatic heterocycles. The molecule has 206 valence electrons. The average molecular weight is 521 g/mol. The molecule has 1 unspecified atom stereocenters. The standard InChI is InChI=1S/C21H36N4O11/c1-8(2)14(19(31)24-11(20(32)33)5-6-13(22)28)25-18(30)9(3)35-17-15(23-10(4)27)21(34)36-12(7-26)16(17)29/h8-9,11-12,14-17,21,26,29,34H,5-7H2,1-4H3,(H2,22,28)(H,23,27)(H,24,31)(H,25,30)(H,32,33)/t9?,11-,12-,14+,15-,16-,17-,21+/m1/s1. The van der Waals surface area contributed by atoms with Gasteiger partial charge < -0.3 is 51.6 Å². The van der Waals surface area contributed by atoms with Gasteiger partial charge in [-0.3, -0.25) is 19.2 Å². The van der Waals surface area contributed by atoms with E-state index < -0.39 is 91.0 Å². The predicted octanol–water partition coefficient (Wildman–Crippen LogP) is -3.69. The predicted molar refractivity (Wildman–Crippen MR) is 121 cm³/mol. The minimum absolute atomic E-state index is 0.241. The minimum atomic E-state index is -1.66. The molecule has 0 aromatic rings. The fourth-order valence-corrected chi connectivity index (χ4v) is 3.54. The Labute approximate surface area is 207 Å². The summed E-state index contributed by atoms with van der Waals surface area (Å²) in [5.41, 5.74) is 5.03. The molecule has 0 radical (unpaired) electrons. The van der Waals surface area contributed by atoms with Crippen molar-refractivity contribution >= 4 is 29.6 Å². The molecule has 9 N–H and O–H groups in total. The van der Waals surface area contributed by atoms with Crippen molar-refractivity contribution in [2.24, 2.45) is 11.7 Å². The number of primary amides is 1. The van der Waals surface area contributed by atoms with Crippen LogP contribution in [0.4, 0.5) is 0 Å². The van der Waals surface area contributed by atoms with Crippen LogP contribution in [0.2, 0.25) is 0 Å². The number of nitrogens with one attached hydrogen (secondary N) is 3. The van der Waals surface area contributed by atoms with E-state index in [0.717, 1.165) is 6.92 Å². The zero-order chi connectivity index (χ0) is 27.7. The van der Waals surface area contributed by atoms with Crippen molar-refractivity contribution in [1.82, 2.24) is 16.0 Å². The van der Waals surface area contributed by atoms with E-state index in [1.54, 1.807) is 13.8 Å². The molecule has 0 saturated carbocycles. The number of aliphatic hydroxyl groups is 3. The maximum Gasteiger partial charge on any atom is 0.326 e. The first-order valence-corrected chi connectivity index (χ1v) is 11.4. The molecule has 36 heavy (non-hydrogen) atoms. The molecule has 1 aliphatic heterocycles. The maximum atomic E-state index is 12.8. The van der Waals surface area contributed by atoms with Gasteiger partial charge in [-0.2, -0.15) is 0 Å². The molecular weight excluding hydrogens is 484 g/mol. The average Bonchev–Trinajstić information content (AvgIpc) is 2.77. The van der Waals surface area contributed by atoms with E-state index in [1.807, 2.05) is 0 Å². The lowest BCUT2D eigenvalue weighted by Crippen LogP contribution is -2.65. The van der Waals surface area contributed by atoms with Crippen molar-refractivity contribution in [3.8, 4) is 0 Å². The number of nitrogens with two attached hydrogens (primary N) is 1. The van der Waals surface area contributed by atoms with E-state index in [4.69, 9.17) is 15.2 Å². The van der Waals surface area contributed by atoms with E-state index >= 15 is 0 Å². The highest BCUT2D eigenvalue weighted by Crippen LogP contribution is 2.24. The molecule has 1 heterocycles. The number of amides is 4. The number of hydrogen-bond acceptors (Lipinski definition) is 10. The van der Waals surface area contributed by atoms with Crippen LogP contribution in [-0.4, -0.2) is 105 Å². The first-order chi connectivity index (χ1) is 16.7. The van der Waals surface area contributed by atoms with Gasteiger partial charge in [-0.25, -0.2) is 4.79 Å². The number of hydrogen-bond donors (Lipinski definition) is 8. The highest BCUT2D eigenvalue weighted by molar-refractivity contribution is 5.91. The van der Waals surface area contributed by atoms with Crippen LogP contribution in [-0.2, 0) is 33.4 Å². The molecule has 15 nitrogen and oxygen atoms in total. The third-order valence-corrected chi connectivity index (χ3v) is 5.51. The van der Waals surface area contributed by atoms with Gasteiger partial charge in [-0.15, -0.1) is 0 Å². The largest absolute Gasteiger partial charge is 0.480 e. The van der Waals surface area contributed by atoms with Gasteiger partial charge in [0.2, 0.25) is 23.6 Å². The van der Waals surface area contributed by atoms with E-state index in [0.29, 0.717) is 0 Å². The van der Waals surface area contributed by atoms with Crippen LogP contribution in [0.25, 0.3) is 0 Å². The van der Waals surface area contributed by atoms with Crippen LogP contribution in [0.1, 0.15) is 40.5 Å². The SMILES string of the molecule is CC(=O)N[C@@H]1[C@@H](OC(C)C(=O)N[C@H](C(=O)N[C@H](CCC(N)=O)C(=O)O)C(C)C)[C@H](O)[C@@H](CO)O[C@@H]1O. The molecule has 1 saturated heterocycles. The molecule has 0 aromatic carbocycles. The third-order valence-electron chi connectivity index (χ3n) is 5.51. The Bertz CT molecular complexity index is 809. The Morgan fingerprint density at radius 1 is 1.06 bits per heavy atom. The Kier molecular flexibility index (Phi) is 12.2. The number of carbonyl (C=O) groups excluding carboxylic acids is 4. The third kappa shape index (κ3) is 8.98. The van der Waals surface area contributed by atoms with Crippen molar-refractivity contribution in [3.05, 3.63) is 0 Å². The second kappa shape index (κ2) is 14.0. The lowest BCUT2D eigenvalue weighted by atomic mass is 9.96. The zero-order valence-corrected chi connectivity index (χ0v) is 20.5. The zero-order valence-electron chi connectivity index (χ0n) is 20.5. The highest BCUT2D eigenvalue weighted by atomic mass is 16.6.